The molecule has 4 rings (SSSR count). The van der Waals surface area contributed by atoms with E-state index in [1.54, 1.807) is 12.1 Å². The molecule has 0 spiro atoms. The number of esters is 2. The highest BCUT2D eigenvalue weighted by atomic mass is 19.1. The quantitative estimate of drug-likeness (QED) is 0.101. The number of hydrogen-bond acceptors (Lipinski definition) is 8. The Morgan fingerprint density at radius 3 is 1.31 bits per heavy atom. The molecule has 0 unspecified atom stereocenters. The van der Waals surface area contributed by atoms with Crippen LogP contribution in [-0.2, 0) is 32.2 Å². The minimum Gasteiger partial charge on any atom is -0.496 e. The first-order chi connectivity index (χ1) is 24.9. The van der Waals surface area contributed by atoms with Crippen LogP contribution < -0.4 is 9.47 Å². The van der Waals surface area contributed by atoms with E-state index in [0.29, 0.717) is 85.6 Å². The first-order valence-corrected chi connectivity index (χ1v) is 17.4. The van der Waals surface area contributed by atoms with Gasteiger partial charge in [-0.25, -0.2) is 8.78 Å². The highest BCUT2D eigenvalue weighted by Gasteiger charge is 2.20. The Morgan fingerprint density at radius 2 is 0.962 bits per heavy atom. The highest BCUT2D eigenvalue weighted by molar-refractivity contribution is 5.84. The molecule has 0 atom stereocenters. The fraction of sp³-hybridized carbons (Fsp3) is 0.381. The van der Waals surface area contributed by atoms with Crippen molar-refractivity contribution < 1.29 is 37.3 Å². The molecule has 0 saturated heterocycles. The second-order valence-corrected chi connectivity index (χ2v) is 13.1. The Morgan fingerprint density at radius 1 is 0.596 bits per heavy atom. The number of ether oxygens (including phenoxy) is 4. The van der Waals surface area contributed by atoms with Gasteiger partial charge >= 0.3 is 11.9 Å². The van der Waals surface area contributed by atoms with Gasteiger partial charge in [-0.1, -0.05) is 36.4 Å². The van der Waals surface area contributed by atoms with Crippen LogP contribution in [0.1, 0.15) is 47.9 Å². The number of carbonyl (C=O) groups excluding carboxylic acids is 2. The highest BCUT2D eigenvalue weighted by Crippen LogP contribution is 2.40. The number of carbonyl (C=O) groups is 2. The first-order valence-electron chi connectivity index (χ1n) is 17.4. The molecule has 0 bridgehead atoms. The van der Waals surface area contributed by atoms with Gasteiger partial charge in [0.15, 0.2) is 0 Å². The predicted octanol–water partition coefficient (Wildman–Crippen LogP) is 8.37. The maximum atomic E-state index is 15.8. The molecule has 4 aromatic rings. The Bertz CT molecular complexity index is 1740. The van der Waals surface area contributed by atoms with Crippen molar-refractivity contribution in [1.82, 2.24) is 9.80 Å². The van der Waals surface area contributed by atoms with Crippen molar-refractivity contribution in [3.63, 3.8) is 0 Å². The molecule has 0 N–H and O–H groups in total. The van der Waals surface area contributed by atoms with Crippen LogP contribution in [0.2, 0.25) is 0 Å². The number of benzene rings is 4. The average Bonchev–Trinajstić information content (AvgIpc) is 3.13. The van der Waals surface area contributed by atoms with E-state index in [4.69, 9.17) is 18.9 Å². The summed E-state index contributed by atoms with van der Waals surface area (Å²) < 4.78 is 52.3. The third-order valence-corrected chi connectivity index (χ3v) is 9.48. The monoisotopic (exact) mass is 716 g/mol. The van der Waals surface area contributed by atoms with E-state index in [1.165, 1.54) is 28.4 Å². The van der Waals surface area contributed by atoms with Crippen LogP contribution in [-0.4, -0.2) is 77.4 Å². The molecule has 0 aliphatic rings. The fourth-order valence-electron chi connectivity index (χ4n) is 6.57. The molecule has 0 saturated carbocycles. The van der Waals surface area contributed by atoms with E-state index in [9.17, 15) is 9.59 Å². The molecule has 10 heteroatoms. The molecule has 0 heterocycles. The van der Waals surface area contributed by atoms with Crippen molar-refractivity contribution >= 4 is 11.9 Å². The lowest BCUT2D eigenvalue weighted by Gasteiger charge is -2.21. The van der Waals surface area contributed by atoms with Crippen LogP contribution in [0.25, 0.3) is 33.4 Å². The Hall–Kier alpha value is -4.80. The van der Waals surface area contributed by atoms with Crippen LogP contribution in [0.5, 0.6) is 11.5 Å². The molecule has 52 heavy (non-hydrogen) atoms. The lowest BCUT2D eigenvalue weighted by Crippen LogP contribution is -2.21. The molecule has 0 fully saturated rings. The van der Waals surface area contributed by atoms with E-state index >= 15 is 8.78 Å². The fourth-order valence-corrected chi connectivity index (χ4v) is 6.57. The molecule has 4 aromatic carbocycles. The maximum Gasteiger partial charge on any atom is 0.305 e. The molecule has 0 aliphatic heterocycles. The lowest BCUT2D eigenvalue weighted by atomic mass is 9.87. The zero-order valence-electron chi connectivity index (χ0n) is 31.5. The molecule has 8 nitrogen and oxygen atoms in total. The van der Waals surface area contributed by atoms with Crippen molar-refractivity contribution in [1.29, 1.82) is 0 Å². The van der Waals surface area contributed by atoms with Gasteiger partial charge in [-0.05, 0) is 123 Å². The van der Waals surface area contributed by atoms with Crippen molar-refractivity contribution in [3.05, 3.63) is 94.6 Å². The van der Waals surface area contributed by atoms with Gasteiger partial charge in [0, 0.05) is 37.1 Å². The molecule has 278 valence electrons. The van der Waals surface area contributed by atoms with E-state index < -0.39 is 0 Å². The van der Waals surface area contributed by atoms with Gasteiger partial charge in [0.2, 0.25) is 0 Å². The van der Waals surface area contributed by atoms with Crippen molar-refractivity contribution in [2.75, 3.05) is 55.6 Å². The minimum absolute atomic E-state index is 0.269. The van der Waals surface area contributed by atoms with Crippen molar-refractivity contribution in [2.45, 2.75) is 52.6 Å². The Labute approximate surface area is 306 Å². The summed E-state index contributed by atoms with van der Waals surface area (Å²) in [6, 6.07) is 18.7. The number of hydrogen-bond donors (Lipinski definition) is 0. The zero-order valence-corrected chi connectivity index (χ0v) is 31.5. The Kier molecular flexibility index (Phi) is 14.3. The summed E-state index contributed by atoms with van der Waals surface area (Å²) in [6.45, 7) is 5.87. The third-order valence-electron chi connectivity index (χ3n) is 9.48. The number of methoxy groups -OCH3 is 4. The van der Waals surface area contributed by atoms with Gasteiger partial charge in [0.1, 0.15) is 23.1 Å². The maximum absolute atomic E-state index is 15.8. The summed E-state index contributed by atoms with van der Waals surface area (Å²) >= 11 is 0. The van der Waals surface area contributed by atoms with Gasteiger partial charge in [0.25, 0.3) is 0 Å². The van der Waals surface area contributed by atoms with Crippen LogP contribution in [0.3, 0.4) is 0 Å². The largest absolute Gasteiger partial charge is 0.496 e. The van der Waals surface area contributed by atoms with Crippen LogP contribution in [0.4, 0.5) is 8.78 Å². The van der Waals surface area contributed by atoms with Crippen LogP contribution in [0, 0.1) is 25.5 Å². The van der Waals surface area contributed by atoms with E-state index in [0.717, 1.165) is 33.4 Å². The van der Waals surface area contributed by atoms with Gasteiger partial charge in [-0.2, -0.15) is 0 Å². The van der Waals surface area contributed by atoms with Gasteiger partial charge < -0.3 is 28.7 Å². The molecule has 0 aliphatic carbocycles. The SMILES string of the molecule is COC(=O)CCCN(C)Cc1c(F)cc(-c2cccc(-c3cccc(-c4cc(F)c(CN(C)CCCC(=O)OC)c(OC)c4)c3C)c2C)cc1OC. The number of nitrogens with zero attached hydrogens (tertiary/aromatic N) is 2. The number of rotatable bonds is 17. The molecular weight excluding hydrogens is 666 g/mol. The Balaban J connectivity index is 1.62. The number of halogens is 2. The van der Waals surface area contributed by atoms with Gasteiger partial charge in [-0.15, -0.1) is 0 Å². The third kappa shape index (κ3) is 9.74. The smallest absolute Gasteiger partial charge is 0.305 e. The molecule has 0 radical (unpaired) electrons. The van der Waals surface area contributed by atoms with Gasteiger partial charge in [-0.3, -0.25) is 9.59 Å². The first kappa shape index (κ1) is 40.0. The molecule has 0 amide bonds. The summed E-state index contributed by atoms with van der Waals surface area (Å²) in [5.41, 5.74) is 7.89. The lowest BCUT2D eigenvalue weighted by molar-refractivity contribution is -0.141. The minimum atomic E-state index is -0.371. The molecule has 0 aromatic heterocycles. The molecular formula is C42H50F2N2O6. The summed E-state index contributed by atoms with van der Waals surface area (Å²) in [6.07, 6.45) is 1.80. The topological polar surface area (TPSA) is 77.5 Å². The normalized spacial score (nSPS) is 11.2. The second-order valence-electron chi connectivity index (χ2n) is 13.1. The predicted molar refractivity (Wildman–Crippen MR) is 200 cm³/mol. The van der Waals surface area contributed by atoms with Gasteiger partial charge in [0.05, 0.1) is 28.4 Å². The standard InChI is InChI=1S/C42H50F2N2O6/c1-27-31(29-21-37(43)35(39(23-29)49-5)25-45(3)19-11-17-41(47)51-7)13-9-15-33(27)34-16-10-14-32(28(34)2)30-22-38(44)36(40(24-30)50-6)26-46(4)20-12-18-42(48)52-8/h9-10,13-16,21-24H,11-12,17-20,25-26H2,1-8H3. The second kappa shape index (κ2) is 18.6. The van der Waals surface area contributed by atoms with E-state index in [-0.39, 0.29) is 23.6 Å². The summed E-state index contributed by atoms with van der Waals surface area (Å²) in [7, 11) is 9.56. The van der Waals surface area contributed by atoms with Crippen molar-refractivity contribution in [3.8, 4) is 44.9 Å². The summed E-state index contributed by atoms with van der Waals surface area (Å²) in [5, 5.41) is 0. The van der Waals surface area contributed by atoms with E-state index in [1.807, 2.05) is 86.3 Å². The van der Waals surface area contributed by atoms with Crippen LogP contribution in [0.15, 0.2) is 60.7 Å². The van der Waals surface area contributed by atoms with Crippen LogP contribution >= 0.6 is 0 Å². The zero-order chi connectivity index (χ0) is 37.9. The summed E-state index contributed by atoms with van der Waals surface area (Å²) in [5.74, 6) is -0.382. The average molecular weight is 717 g/mol. The van der Waals surface area contributed by atoms with Crippen molar-refractivity contribution in [2.24, 2.45) is 0 Å². The summed E-state index contributed by atoms with van der Waals surface area (Å²) in [4.78, 5) is 26.9. The van der Waals surface area contributed by atoms with E-state index in [2.05, 4.69) is 0 Å².